The van der Waals surface area contributed by atoms with E-state index in [-0.39, 0.29) is 0 Å². The van der Waals surface area contributed by atoms with Gasteiger partial charge in [0.15, 0.2) is 0 Å². The highest BCUT2D eigenvalue weighted by Crippen LogP contribution is 2.21. The lowest BCUT2D eigenvalue weighted by Crippen LogP contribution is -2.44. The first-order chi connectivity index (χ1) is 15.1. The van der Waals surface area contributed by atoms with Gasteiger partial charge in [-0.2, -0.15) is 0 Å². The van der Waals surface area contributed by atoms with Crippen molar-refractivity contribution in [1.82, 2.24) is 19.9 Å². The zero-order chi connectivity index (χ0) is 21.2. The molecule has 0 aliphatic carbocycles. The molecule has 0 saturated carbocycles. The maximum Gasteiger partial charge on any atom is 0.203 e. The van der Waals surface area contributed by atoms with Crippen molar-refractivity contribution in [2.24, 2.45) is 0 Å². The van der Waals surface area contributed by atoms with Crippen LogP contribution in [0, 0.1) is 11.8 Å². The van der Waals surface area contributed by atoms with Crippen LogP contribution in [0.2, 0.25) is 5.02 Å². The lowest BCUT2D eigenvalue weighted by Gasteiger charge is -2.32. The number of nitrogens with one attached hydrogen (secondary N) is 1. The first-order valence-corrected chi connectivity index (χ1v) is 10.7. The monoisotopic (exact) mass is 427 g/mol. The Kier molecular flexibility index (Phi) is 5.33. The number of benzene rings is 2. The summed E-state index contributed by atoms with van der Waals surface area (Å²) in [5, 5.41) is 0.726. The van der Waals surface area contributed by atoms with Gasteiger partial charge in [-0.3, -0.25) is 0 Å². The third-order valence-electron chi connectivity index (χ3n) is 5.55. The number of aromatic amines is 1. The van der Waals surface area contributed by atoms with Crippen LogP contribution in [0.1, 0.15) is 11.3 Å². The number of rotatable bonds is 2. The van der Waals surface area contributed by atoms with Crippen LogP contribution >= 0.6 is 11.6 Å². The highest BCUT2D eigenvalue weighted by molar-refractivity contribution is 6.30. The normalized spacial score (nSPS) is 14.5. The standard InChI is InChI=1S/C25H22ClN5/c1-30-12-14-31(15-13-30)25-28-23-11-3-18(16-24(23)29-25)2-9-22-10-6-20(17-27-22)19-4-7-21(26)8-5-19/h3-8,10-11,16-17H,12-15H2,1H3,(H,28,29). The molecule has 5 rings (SSSR count). The van der Waals surface area contributed by atoms with E-state index in [1.54, 1.807) is 0 Å². The minimum Gasteiger partial charge on any atom is -0.340 e. The SMILES string of the molecule is CN1CCN(c2nc3ccc(C#Cc4ccc(-c5ccc(Cl)cc5)cn4)cc3[nH]2)CC1. The summed E-state index contributed by atoms with van der Waals surface area (Å²) in [6, 6.07) is 17.8. The van der Waals surface area contributed by atoms with E-state index in [4.69, 9.17) is 16.6 Å². The Balaban J connectivity index is 1.33. The second-order valence-electron chi connectivity index (χ2n) is 7.77. The summed E-state index contributed by atoms with van der Waals surface area (Å²) in [6.07, 6.45) is 1.84. The smallest absolute Gasteiger partial charge is 0.203 e. The van der Waals surface area contributed by atoms with Gasteiger partial charge in [0.1, 0.15) is 5.69 Å². The molecule has 1 aliphatic heterocycles. The fraction of sp³-hybridized carbons (Fsp3) is 0.200. The maximum atomic E-state index is 5.96. The molecule has 4 aromatic rings. The number of hydrogen-bond donors (Lipinski definition) is 1. The molecule has 1 fully saturated rings. The number of pyridine rings is 1. The van der Waals surface area contributed by atoms with Crippen molar-refractivity contribution in [3.63, 3.8) is 0 Å². The summed E-state index contributed by atoms with van der Waals surface area (Å²) in [5.74, 6) is 7.31. The molecule has 2 aromatic carbocycles. The Morgan fingerprint density at radius 1 is 0.903 bits per heavy atom. The Labute approximate surface area is 186 Å². The molecular weight excluding hydrogens is 406 g/mol. The molecule has 1 aliphatic rings. The van der Waals surface area contributed by atoms with Crippen molar-refractivity contribution in [1.29, 1.82) is 0 Å². The van der Waals surface area contributed by atoms with Crippen LogP contribution in [0.4, 0.5) is 5.95 Å². The Bertz CT molecular complexity index is 1260. The molecule has 1 N–H and O–H groups in total. The van der Waals surface area contributed by atoms with E-state index < -0.39 is 0 Å². The topological polar surface area (TPSA) is 48.1 Å². The first-order valence-electron chi connectivity index (χ1n) is 10.3. The molecule has 0 spiro atoms. The van der Waals surface area contributed by atoms with Crippen LogP contribution in [-0.2, 0) is 0 Å². The zero-order valence-electron chi connectivity index (χ0n) is 17.3. The summed E-state index contributed by atoms with van der Waals surface area (Å²) >= 11 is 5.96. The van der Waals surface area contributed by atoms with E-state index in [0.29, 0.717) is 0 Å². The van der Waals surface area contributed by atoms with Gasteiger partial charge in [-0.25, -0.2) is 9.97 Å². The van der Waals surface area contributed by atoms with E-state index in [1.807, 2.05) is 54.7 Å². The maximum absolute atomic E-state index is 5.96. The van der Waals surface area contributed by atoms with E-state index in [9.17, 15) is 0 Å². The van der Waals surface area contributed by atoms with E-state index in [1.165, 1.54) is 0 Å². The lowest BCUT2D eigenvalue weighted by molar-refractivity contribution is 0.311. The van der Waals surface area contributed by atoms with Gasteiger partial charge in [0, 0.05) is 48.5 Å². The molecule has 1 saturated heterocycles. The molecule has 0 bridgehead atoms. The Hall–Kier alpha value is -3.33. The average Bonchev–Trinajstić information content (AvgIpc) is 3.22. The molecule has 0 radical (unpaired) electrons. The van der Waals surface area contributed by atoms with Crippen molar-refractivity contribution in [2.45, 2.75) is 0 Å². The Morgan fingerprint density at radius 3 is 2.42 bits per heavy atom. The number of aromatic nitrogens is 3. The van der Waals surface area contributed by atoms with Gasteiger partial charge in [-0.05, 0) is 54.9 Å². The Morgan fingerprint density at radius 2 is 1.68 bits per heavy atom. The number of imidazole rings is 1. The molecule has 154 valence electrons. The summed E-state index contributed by atoms with van der Waals surface area (Å²) in [5.41, 5.74) is 5.76. The van der Waals surface area contributed by atoms with E-state index in [2.05, 4.69) is 44.7 Å². The van der Waals surface area contributed by atoms with Crippen LogP contribution in [0.25, 0.3) is 22.2 Å². The molecule has 2 aromatic heterocycles. The fourth-order valence-electron chi connectivity index (χ4n) is 3.66. The van der Waals surface area contributed by atoms with Gasteiger partial charge in [0.05, 0.1) is 11.0 Å². The van der Waals surface area contributed by atoms with Crippen molar-refractivity contribution in [3.8, 4) is 23.0 Å². The van der Waals surface area contributed by atoms with Gasteiger partial charge in [-0.1, -0.05) is 35.7 Å². The third-order valence-corrected chi connectivity index (χ3v) is 5.80. The third kappa shape index (κ3) is 4.41. The predicted octanol–water partition coefficient (Wildman–Crippen LogP) is 4.43. The molecule has 31 heavy (non-hydrogen) atoms. The van der Waals surface area contributed by atoms with Crippen molar-refractivity contribution < 1.29 is 0 Å². The number of H-pyrrole nitrogens is 1. The highest BCUT2D eigenvalue weighted by atomic mass is 35.5. The van der Waals surface area contributed by atoms with Crippen LogP contribution in [0.3, 0.4) is 0 Å². The lowest BCUT2D eigenvalue weighted by atomic mass is 10.1. The molecular formula is C25H22ClN5. The van der Waals surface area contributed by atoms with Crippen LogP contribution in [-0.4, -0.2) is 53.1 Å². The van der Waals surface area contributed by atoms with E-state index >= 15 is 0 Å². The summed E-state index contributed by atoms with van der Waals surface area (Å²) in [7, 11) is 2.15. The van der Waals surface area contributed by atoms with Gasteiger partial charge >= 0.3 is 0 Å². The summed E-state index contributed by atoms with van der Waals surface area (Å²) in [6.45, 7) is 4.08. The zero-order valence-corrected chi connectivity index (χ0v) is 18.0. The molecule has 0 amide bonds. The van der Waals surface area contributed by atoms with Crippen LogP contribution < -0.4 is 4.90 Å². The van der Waals surface area contributed by atoms with Gasteiger partial charge < -0.3 is 14.8 Å². The van der Waals surface area contributed by atoms with Gasteiger partial charge in [-0.15, -0.1) is 0 Å². The number of nitrogens with zero attached hydrogens (tertiary/aromatic N) is 4. The number of likely N-dealkylation sites (N-methyl/N-ethyl adjacent to an activating group) is 1. The van der Waals surface area contributed by atoms with Crippen molar-refractivity contribution >= 4 is 28.6 Å². The number of anilines is 1. The highest BCUT2D eigenvalue weighted by Gasteiger charge is 2.17. The van der Waals surface area contributed by atoms with E-state index in [0.717, 1.165) is 70.6 Å². The number of fused-ring (bicyclic) bond motifs is 1. The molecule has 0 atom stereocenters. The van der Waals surface area contributed by atoms with Crippen LogP contribution in [0.5, 0.6) is 0 Å². The quantitative estimate of drug-likeness (QED) is 0.481. The van der Waals surface area contributed by atoms with Crippen molar-refractivity contribution in [3.05, 3.63) is 77.1 Å². The fourth-order valence-corrected chi connectivity index (χ4v) is 3.79. The second kappa shape index (κ2) is 8.43. The molecule has 6 heteroatoms. The molecule has 3 heterocycles. The van der Waals surface area contributed by atoms with Crippen molar-refractivity contribution in [2.75, 3.05) is 38.1 Å². The summed E-state index contributed by atoms with van der Waals surface area (Å²) < 4.78 is 0. The number of piperazine rings is 1. The van der Waals surface area contributed by atoms with Gasteiger partial charge in [0.2, 0.25) is 5.95 Å². The number of halogens is 1. The molecule has 0 unspecified atom stereocenters. The average molecular weight is 428 g/mol. The minimum absolute atomic E-state index is 0.726. The minimum atomic E-state index is 0.726. The molecule has 5 nitrogen and oxygen atoms in total. The largest absolute Gasteiger partial charge is 0.340 e. The summed E-state index contributed by atoms with van der Waals surface area (Å²) in [4.78, 5) is 17.3. The van der Waals surface area contributed by atoms with Gasteiger partial charge in [0.25, 0.3) is 0 Å². The predicted molar refractivity (Wildman–Crippen MR) is 126 cm³/mol. The van der Waals surface area contributed by atoms with Crippen LogP contribution in [0.15, 0.2) is 60.8 Å². The second-order valence-corrected chi connectivity index (χ2v) is 8.21. The first kappa shape index (κ1) is 19.6. The number of hydrogen-bond acceptors (Lipinski definition) is 4.